The van der Waals surface area contributed by atoms with Gasteiger partial charge in [-0.25, -0.2) is 0 Å². The molecule has 0 aliphatic heterocycles. The van der Waals surface area contributed by atoms with E-state index in [4.69, 9.17) is 9.47 Å². The normalized spacial score (nSPS) is 25.1. The molecule has 3 atom stereocenters. The maximum Gasteiger partial charge on any atom is 0.140 e. The summed E-state index contributed by atoms with van der Waals surface area (Å²) in [5, 5.41) is 3.68. The van der Waals surface area contributed by atoms with E-state index < -0.39 is 0 Å². The van der Waals surface area contributed by atoms with E-state index in [-0.39, 0.29) is 0 Å². The number of benzene rings is 1. The molecule has 0 amide bonds. The lowest BCUT2D eigenvalue weighted by molar-refractivity contribution is 0.370. The zero-order valence-electron chi connectivity index (χ0n) is 13.4. The minimum Gasteiger partial charge on any atom is -0.495 e. The van der Waals surface area contributed by atoms with Crippen LogP contribution in [0.4, 0.5) is 0 Å². The fraction of sp³-hybridized carbons (Fsp3) is 0.647. The monoisotopic (exact) mass is 355 g/mol. The van der Waals surface area contributed by atoms with Gasteiger partial charge in [0.2, 0.25) is 0 Å². The van der Waals surface area contributed by atoms with Gasteiger partial charge in [-0.2, -0.15) is 0 Å². The van der Waals surface area contributed by atoms with Crippen LogP contribution in [0.2, 0.25) is 0 Å². The zero-order chi connectivity index (χ0) is 15.4. The molecule has 3 unspecified atom stereocenters. The largest absolute Gasteiger partial charge is 0.495 e. The molecular weight excluding hydrogens is 330 g/mol. The highest BCUT2D eigenvalue weighted by Crippen LogP contribution is 2.47. The van der Waals surface area contributed by atoms with Crippen molar-refractivity contribution in [2.45, 2.75) is 45.1 Å². The predicted octanol–water partition coefficient (Wildman–Crippen LogP) is 4.35. The van der Waals surface area contributed by atoms with E-state index in [1.165, 1.54) is 24.8 Å². The predicted molar refractivity (Wildman–Crippen MR) is 90.5 cm³/mol. The Hall–Kier alpha value is -0.740. The number of methoxy groups -OCH3 is 2. The van der Waals surface area contributed by atoms with Crippen LogP contribution in [-0.2, 0) is 0 Å². The SMILES string of the molecule is CCCNC1CCC(c2ccc(OC)c(Br)c2OC)C1C. The molecule has 0 saturated heterocycles. The van der Waals surface area contributed by atoms with Gasteiger partial charge in [-0.15, -0.1) is 0 Å². The van der Waals surface area contributed by atoms with Crippen molar-refractivity contribution >= 4 is 15.9 Å². The highest BCUT2D eigenvalue weighted by Gasteiger charge is 2.35. The first-order chi connectivity index (χ1) is 10.1. The van der Waals surface area contributed by atoms with Crippen LogP contribution in [0.3, 0.4) is 0 Å². The molecule has 1 aromatic carbocycles. The van der Waals surface area contributed by atoms with Gasteiger partial charge in [-0.05, 0) is 65.2 Å². The van der Waals surface area contributed by atoms with Crippen molar-refractivity contribution in [3.8, 4) is 11.5 Å². The van der Waals surface area contributed by atoms with Crippen molar-refractivity contribution in [2.24, 2.45) is 5.92 Å². The maximum atomic E-state index is 5.65. The van der Waals surface area contributed by atoms with Crippen molar-refractivity contribution in [3.63, 3.8) is 0 Å². The smallest absolute Gasteiger partial charge is 0.140 e. The molecule has 0 bridgehead atoms. The van der Waals surface area contributed by atoms with Crippen LogP contribution >= 0.6 is 15.9 Å². The lowest BCUT2D eigenvalue weighted by Gasteiger charge is -2.24. The molecule has 2 rings (SSSR count). The molecule has 1 fully saturated rings. The van der Waals surface area contributed by atoms with E-state index in [1.54, 1.807) is 14.2 Å². The Bertz CT molecular complexity index is 478. The van der Waals surface area contributed by atoms with Crippen molar-refractivity contribution < 1.29 is 9.47 Å². The Kier molecular flexibility index (Phi) is 5.94. The van der Waals surface area contributed by atoms with Gasteiger partial charge < -0.3 is 14.8 Å². The first-order valence-electron chi connectivity index (χ1n) is 7.77. The van der Waals surface area contributed by atoms with Crippen LogP contribution in [-0.4, -0.2) is 26.8 Å². The third-order valence-electron chi connectivity index (χ3n) is 4.63. The van der Waals surface area contributed by atoms with Crippen molar-refractivity contribution in [2.75, 3.05) is 20.8 Å². The Morgan fingerprint density at radius 1 is 1.24 bits per heavy atom. The van der Waals surface area contributed by atoms with Crippen LogP contribution in [0, 0.1) is 5.92 Å². The molecule has 1 aromatic rings. The molecule has 0 aromatic heterocycles. The van der Waals surface area contributed by atoms with Crippen LogP contribution in [0.25, 0.3) is 0 Å². The summed E-state index contributed by atoms with van der Waals surface area (Å²) in [7, 11) is 3.41. The number of ether oxygens (including phenoxy) is 2. The van der Waals surface area contributed by atoms with Gasteiger partial charge in [-0.3, -0.25) is 0 Å². The molecule has 4 heteroatoms. The second-order valence-corrected chi connectivity index (χ2v) is 6.60. The lowest BCUT2D eigenvalue weighted by Crippen LogP contribution is -2.32. The van der Waals surface area contributed by atoms with E-state index >= 15 is 0 Å². The summed E-state index contributed by atoms with van der Waals surface area (Å²) in [6.45, 7) is 5.67. The first kappa shape index (κ1) is 16.6. The summed E-state index contributed by atoms with van der Waals surface area (Å²) >= 11 is 3.61. The summed E-state index contributed by atoms with van der Waals surface area (Å²) in [6.07, 6.45) is 3.63. The molecule has 1 N–H and O–H groups in total. The summed E-state index contributed by atoms with van der Waals surface area (Å²) in [5.74, 6) is 2.89. The minimum atomic E-state index is 0.538. The average Bonchev–Trinajstić information content (AvgIpc) is 2.85. The second kappa shape index (κ2) is 7.50. The van der Waals surface area contributed by atoms with Crippen molar-refractivity contribution in [1.29, 1.82) is 0 Å². The minimum absolute atomic E-state index is 0.538. The zero-order valence-corrected chi connectivity index (χ0v) is 15.0. The Morgan fingerprint density at radius 2 is 2.00 bits per heavy atom. The Labute approximate surface area is 136 Å². The summed E-state index contributed by atoms with van der Waals surface area (Å²) in [6, 6.07) is 4.80. The number of hydrogen-bond donors (Lipinski definition) is 1. The molecule has 0 spiro atoms. The van der Waals surface area contributed by atoms with Gasteiger partial charge in [0.25, 0.3) is 0 Å². The average molecular weight is 356 g/mol. The molecular formula is C17H26BrNO2. The third-order valence-corrected chi connectivity index (χ3v) is 5.38. The van der Waals surface area contributed by atoms with Gasteiger partial charge >= 0.3 is 0 Å². The Balaban J connectivity index is 2.24. The highest BCUT2D eigenvalue weighted by atomic mass is 79.9. The third kappa shape index (κ3) is 3.37. The van der Waals surface area contributed by atoms with Crippen LogP contribution in [0.5, 0.6) is 11.5 Å². The van der Waals surface area contributed by atoms with Crippen molar-refractivity contribution in [1.82, 2.24) is 5.32 Å². The number of hydrogen-bond acceptors (Lipinski definition) is 3. The van der Waals surface area contributed by atoms with Gasteiger partial charge in [-0.1, -0.05) is 19.9 Å². The lowest BCUT2D eigenvalue weighted by atomic mass is 9.88. The molecule has 1 saturated carbocycles. The number of halogens is 1. The van der Waals surface area contributed by atoms with Crippen LogP contribution in [0.1, 0.15) is 44.6 Å². The van der Waals surface area contributed by atoms with Gasteiger partial charge in [0.1, 0.15) is 16.0 Å². The van der Waals surface area contributed by atoms with Gasteiger partial charge in [0, 0.05) is 6.04 Å². The fourth-order valence-electron chi connectivity index (χ4n) is 3.43. The topological polar surface area (TPSA) is 30.5 Å². The Morgan fingerprint density at radius 3 is 2.62 bits per heavy atom. The number of rotatable bonds is 6. The molecule has 21 heavy (non-hydrogen) atoms. The van der Waals surface area contributed by atoms with E-state index in [9.17, 15) is 0 Å². The highest BCUT2D eigenvalue weighted by molar-refractivity contribution is 9.10. The van der Waals surface area contributed by atoms with E-state index in [0.29, 0.717) is 17.9 Å². The van der Waals surface area contributed by atoms with Gasteiger partial charge in [0.15, 0.2) is 0 Å². The van der Waals surface area contributed by atoms with Gasteiger partial charge in [0.05, 0.1) is 14.2 Å². The van der Waals surface area contributed by atoms with E-state index in [0.717, 1.165) is 22.5 Å². The van der Waals surface area contributed by atoms with Crippen LogP contribution < -0.4 is 14.8 Å². The number of nitrogens with one attached hydrogen (secondary N) is 1. The summed E-state index contributed by atoms with van der Waals surface area (Å²) in [5.41, 5.74) is 1.29. The summed E-state index contributed by atoms with van der Waals surface area (Å²) in [4.78, 5) is 0. The fourth-order valence-corrected chi connectivity index (χ4v) is 4.12. The molecule has 118 valence electrons. The summed E-state index contributed by atoms with van der Waals surface area (Å²) < 4.78 is 11.9. The van der Waals surface area contributed by atoms with Crippen LogP contribution in [0.15, 0.2) is 16.6 Å². The first-order valence-corrected chi connectivity index (χ1v) is 8.57. The van der Waals surface area contributed by atoms with E-state index in [1.807, 2.05) is 6.07 Å². The molecule has 1 aliphatic rings. The maximum absolute atomic E-state index is 5.65. The molecule has 0 heterocycles. The molecule has 0 radical (unpaired) electrons. The molecule has 1 aliphatic carbocycles. The standard InChI is InChI=1S/C17H26BrNO2/c1-5-10-19-14-8-6-12(11(14)2)13-7-9-15(20-3)16(18)17(13)21-4/h7,9,11-12,14,19H,5-6,8,10H2,1-4H3. The quantitative estimate of drug-likeness (QED) is 0.822. The van der Waals surface area contributed by atoms with E-state index in [2.05, 4.69) is 41.2 Å². The second-order valence-electron chi connectivity index (χ2n) is 5.81. The van der Waals surface area contributed by atoms with Crippen molar-refractivity contribution in [3.05, 3.63) is 22.2 Å². The molecule has 3 nitrogen and oxygen atoms in total.